The van der Waals surface area contributed by atoms with Crippen LogP contribution < -0.4 is 16.6 Å². The summed E-state index contributed by atoms with van der Waals surface area (Å²) in [7, 11) is 0. The van der Waals surface area contributed by atoms with Gasteiger partial charge in [0.1, 0.15) is 11.4 Å². The Morgan fingerprint density at radius 2 is 1.92 bits per heavy atom. The van der Waals surface area contributed by atoms with E-state index in [1.807, 2.05) is 18.2 Å². The number of carbonyl (C=O) groups is 1. The summed E-state index contributed by atoms with van der Waals surface area (Å²) in [5, 5.41) is 15.0. The third kappa shape index (κ3) is 4.30. The summed E-state index contributed by atoms with van der Waals surface area (Å²) in [4.78, 5) is 36.2. The van der Waals surface area contributed by atoms with Gasteiger partial charge in [0, 0.05) is 18.0 Å². The first kappa shape index (κ1) is 23.4. The zero-order valence-electron chi connectivity index (χ0n) is 20.1. The first-order chi connectivity index (χ1) is 17.8. The molecule has 10 heteroatoms. The number of nitrogens with zero attached hydrogens (tertiary/aromatic N) is 5. The lowest BCUT2D eigenvalue weighted by Crippen LogP contribution is -2.33. The van der Waals surface area contributed by atoms with Crippen LogP contribution in [0, 0.1) is 17.3 Å². The van der Waals surface area contributed by atoms with Crippen LogP contribution in [0.4, 0.5) is 5.82 Å². The molecule has 0 bridgehead atoms. The molecule has 0 unspecified atom stereocenters. The summed E-state index contributed by atoms with van der Waals surface area (Å²) in [5.74, 6) is 5.49. The fourth-order valence-corrected chi connectivity index (χ4v) is 4.08. The standard InChI is InChI=1S/C27H22N8O2/c1-16(28)12-13-18-8-6-11-20-21(18)27(37)35(19-9-4-3-5-10-19)24(32-20)17(2)31-26(36)22-23(29)33-34-15-7-14-30-25(22)34/h3-11,14-15,17,28H,1-2H3,(H2,29,33)(H,31,36)/t17-/m1/s1. The lowest BCUT2D eigenvalue weighted by atomic mass is 10.1. The van der Waals surface area contributed by atoms with Gasteiger partial charge < -0.3 is 11.1 Å². The molecule has 3 aromatic heterocycles. The number of nitrogen functional groups attached to an aromatic ring is 1. The monoisotopic (exact) mass is 490 g/mol. The highest BCUT2D eigenvalue weighted by atomic mass is 16.2. The molecular formula is C27H22N8O2. The minimum Gasteiger partial charge on any atom is -0.381 e. The average Bonchev–Trinajstić information content (AvgIpc) is 3.23. The molecular weight excluding hydrogens is 468 g/mol. The van der Waals surface area contributed by atoms with Gasteiger partial charge in [-0.15, -0.1) is 5.10 Å². The second-order valence-corrected chi connectivity index (χ2v) is 8.36. The number of anilines is 1. The van der Waals surface area contributed by atoms with Crippen LogP contribution in [0.3, 0.4) is 0 Å². The molecule has 2 aromatic carbocycles. The van der Waals surface area contributed by atoms with Gasteiger partial charge in [-0.1, -0.05) is 30.2 Å². The van der Waals surface area contributed by atoms with Crippen LogP contribution in [0.5, 0.6) is 0 Å². The molecule has 10 nitrogen and oxygen atoms in total. The number of hydrogen-bond donors (Lipinski definition) is 3. The van der Waals surface area contributed by atoms with Crippen molar-refractivity contribution in [3.63, 3.8) is 0 Å². The highest BCUT2D eigenvalue weighted by Gasteiger charge is 2.24. The third-order valence-corrected chi connectivity index (χ3v) is 5.71. The van der Waals surface area contributed by atoms with Gasteiger partial charge in [0.2, 0.25) is 0 Å². The van der Waals surface area contributed by atoms with Crippen LogP contribution in [-0.4, -0.2) is 35.8 Å². The van der Waals surface area contributed by atoms with Gasteiger partial charge in [-0.2, -0.15) is 0 Å². The molecule has 0 saturated heterocycles. The van der Waals surface area contributed by atoms with Crippen LogP contribution in [0.15, 0.2) is 71.8 Å². The lowest BCUT2D eigenvalue weighted by molar-refractivity contribution is 0.0940. The van der Waals surface area contributed by atoms with E-state index in [0.717, 1.165) is 0 Å². The van der Waals surface area contributed by atoms with Crippen molar-refractivity contribution in [2.45, 2.75) is 19.9 Å². The third-order valence-electron chi connectivity index (χ3n) is 5.71. The molecule has 0 aliphatic rings. The van der Waals surface area contributed by atoms with Gasteiger partial charge in [0.25, 0.3) is 11.5 Å². The van der Waals surface area contributed by atoms with E-state index < -0.39 is 11.9 Å². The zero-order chi connectivity index (χ0) is 26.1. The number of fused-ring (bicyclic) bond motifs is 2. The van der Waals surface area contributed by atoms with Crippen molar-refractivity contribution in [1.29, 1.82) is 5.41 Å². The van der Waals surface area contributed by atoms with Crippen LogP contribution in [0.25, 0.3) is 22.2 Å². The highest BCUT2D eigenvalue weighted by molar-refractivity contribution is 6.04. The van der Waals surface area contributed by atoms with Crippen molar-refractivity contribution in [3.05, 3.63) is 94.3 Å². The van der Waals surface area contributed by atoms with Crippen molar-refractivity contribution in [2.75, 3.05) is 5.73 Å². The molecule has 0 aliphatic carbocycles. The van der Waals surface area contributed by atoms with Crippen LogP contribution in [-0.2, 0) is 0 Å². The minimum absolute atomic E-state index is 0.0417. The van der Waals surface area contributed by atoms with Crippen molar-refractivity contribution >= 4 is 34.0 Å². The number of para-hydroxylation sites is 1. The van der Waals surface area contributed by atoms with Gasteiger partial charge in [-0.3, -0.25) is 19.6 Å². The van der Waals surface area contributed by atoms with Gasteiger partial charge in [-0.05, 0) is 50.1 Å². The van der Waals surface area contributed by atoms with Crippen LogP contribution in [0.2, 0.25) is 0 Å². The molecule has 1 atom stereocenters. The van der Waals surface area contributed by atoms with E-state index in [1.54, 1.807) is 62.6 Å². The Morgan fingerprint density at radius 3 is 2.68 bits per heavy atom. The second-order valence-electron chi connectivity index (χ2n) is 8.36. The van der Waals surface area contributed by atoms with Crippen molar-refractivity contribution in [2.24, 2.45) is 0 Å². The Balaban J connectivity index is 1.66. The number of aromatic nitrogens is 5. The topological polar surface area (TPSA) is 144 Å². The van der Waals surface area contributed by atoms with Crippen LogP contribution in [0.1, 0.15) is 41.6 Å². The average molecular weight is 491 g/mol. The van der Waals surface area contributed by atoms with E-state index in [4.69, 9.17) is 16.1 Å². The number of hydrogen-bond acceptors (Lipinski definition) is 7. The maximum absolute atomic E-state index is 13.9. The number of rotatable bonds is 4. The number of amides is 1. The van der Waals surface area contributed by atoms with Crippen molar-refractivity contribution in [3.8, 4) is 17.5 Å². The highest BCUT2D eigenvalue weighted by Crippen LogP contribution is 2.22. The Kier molecular flexibility index (Phi) is 5.95. The number of nitrogens with one attached hydrogen (secondary N) is 2. The summed E-state index contributed by atoms with van der Waals surface area (Å²) < 4.78 is 2.90. The lowest BCUT2D eigenvalue weighted by Gasteiger charge is -2.20. The molecule has 5 rings (SSSR count). The van der Waals surface area contributed by atoms with Gasteiger partial charge in [0.15, 0.2) is 11.5 Å². The number of benzene rings is 2. The molecule has 1 amide bonds. The van der Waals surface area contributed by atoms with E-state index in [1.165, 1.54) is 9.08 Å². The Morgan fingerprint density at radius 1 is 1.14 bits per heavy atom. The first-order valence-electron chi connectivity index (χ1n) is 11.4. The Bertz CT molecular complexity index is 1810. The summed E-state index contributed by atoms with van der Waals surface area (Å²) in [5.41, 5.74) is 7.82. The SMILES string of the molecule is CC(=N)C#Cc1cccc2nc([C@@H](C)NC(=O)c3c(N)nn4cccnc34)n(-c3ccccc3)c(=O)c12. The number of nitrogens with two attached hydrogens (primary N) is 1. The largest absolute Gasteiger partial charge is 0.381 e. The molecule has 37 heavy (non-hydrogen) atoms. The maximum atomic E-state index is 13.9. The normalized spacial score (nSPS) is 11.6. The van der Waals surface area contributed by atoms with E-state index in [2.05, 4.69) is 27.2 Å². The molecule has 3 heterocycles. The van der Waals surface area contributed by atoms with Gasteiger partial charge in [-0.25, -0.2) is 14.5 Å². The minimum atomic E-state index is -0.693. The predicted molar refractivity (Wildman–Crippen MR) is 141 cm³/mol. The van der Waals surface area contributed by atoms with E-state index in [9.17, 15) is 9.59 Å². The molecule has 5 aromatic rings. The second kappa shape index (κ2) is 9.39. The fourth-order valence-electron chi connectivity index (χ4n) is 4.08. The first-order valence-corrected chi connectivity index (χ1v) is 11.4. The van der Waals surface area contributed by atoms with E-state index in [0.29, 0.717) is 33.6 Å². The summed E-state index contributed by atoms with van der Waals surface area (Å²) in [6, 6.07) is 15.2. The molecule has 0 fully saturated rings. The smallest absolute Gasteiger partial charge is 0.267 e. The molecule has 0 saturated carbocycles. The van der Waals surface area contributed by atoms with E-state index >= 15 is 0 Å². The van der Waals surface area contributed by atoms with Crippen LogP contribution >= 0.6 is 0 Å². The fraction of sp³-hybridized carbons (Fsp3) is 0.111. The van der Waals surface area contributed by atoms with E-state index in [-0.39, 0.29) is 22.7 Å². The summed E-state index contributed by atoms with van der Waals surface area (Å²) >= 11 is 0. The van der Waals surface area contributed by atoms with Gasteiger partial charge >= 0.3 is 0 Å². The van der Waals surface area contributed by atoms with Gasteiger partial charge in [0.05, 0.1) is 28.3 Å². The molecule has 0 radical (unpaired) electrons. The molecule has 182 valence electrons. The van der Waals surface area contributed by atoms with Crippen molar-refractivity contribution < 1.29 is 4.79 Å². The maximum Gasteiger partial charge on any atom is 0.267 e. The zero-order valence-corrected chi connectivity index (χ0v) is 20.1. The summed E-state index contributed by atoms with van der Waals surface area (Å²) in [6.07, 6.45) is 3.20. The van der Waals surface area contributed by atoms with Crippen molar-refractivity contribution in [1.82, 2.24) is 29.5 Å². The molecule has 0 aliphatic heterocycles. The molecule has 4 N–H and O–H groups in total. The Hall–Kier alpha value is -5.30. The molecule has 0 spiro atoms. The quantitative estimate of drug-likeness (QED) is 0.261. The predicted octanol–water partition coefficient (Wildman–Crippen LogP) is 2.89. The summed E-state index contributed by atoms with van der Waals surface area (Å²) in [6.45, 7) is 3.32. The number of carbonyl (C=O) groups excluding carboxylic acids is 1. The Labute approximate surface area is 211 Å².